The lowest BCUT2D eigenvalue weighted by Gasteiger charge is -2.15. The van der Waals surface area contributed by atoms with E-state index in [-0.39, 0.29) is 11.7 Å². The second-order valence-corrected chi connectivity index (χ2v) is 7.97. The molecule has 2 aromatic rings. The van der Waals surface area contributed by atoms with Crippen molar-refractivity contribution in [2.75, 3.05) is 17.6 Å². The number of nitrogens with one attached hydrogen (secondary N) is 1. The van der Waals surface area contributed by atoms with Gasteiger partial charge in [0.1, 0.15) is 0 Å². The minimum Gasteiger partial charge on any atom is -0.383 e. The molecule has 0 saturated heterocycles. The minimum atomic E-state index is -3.22. The van der Waals surface area contributed by atoms with Crippen molar-refractivity contribution in [2.45, 2.75) is 31.1 Å². The summed E-state index contributed by atoms with van der Waals surface area (Å²) in [6.45, 7) is 4.61. The summed E-state index contributed by atoms with van der Waals surface area (Å²) in [7, 11) is -3.22. The molecule has 1 atom stereocenters. The lowest BCUT2D eigenvalue weighted by Crippen LogP contribution is -2.14. The van der Waals surface area contributed by atoms with E-state index in [0.717, 1.165) is 5.01 Å². The van der Waals surface area contributed by atoms with Gasteiger partial charge < -0.3 is 5.32 Å². The summed E-state index contributed by atoms with van der Waals surface area (Å²) in [5, 5.41) is 6.26. The predicted octanol–water partition coefficient (Wildman–Crippen LogP) is 3.54. The topological polar surface area (TPSA) is 59.1 Å². The number of sulfone groups is 1. The number of benzene rings is 1. The highest BCUT2D eigenvalue weighted by Gasteiger charge is 2.18. The van der Waals surface area contributed by atoms with E-state index in [1.54, 1.807) is 29.7 Å². The molecule has 114 valence electrons. The first-order chi connectivity index (χ1) is 10.0. The Hall–Kier alpha value is -1.40. The van der Waals surface area contributed by atoms with Crippen LogP contribution in [0.15, 0.2) is 40.7 Å². The smallest absolute Gasteiger partial charge is 0.180 e. The normalized spacial score (nSPS) is 13.0. The molecule has 0 saturated carbocycles. The Morgan fingerprint density at radius 1 is 1.33 bits per heavy atom. The molecule has 21 heavy (non-hydrogen) atoms. The van der Waals surface area contributed by atoms with Crippen LogP contribution in [0.2, 0.25) is 0 Å². The van der Waals surface area contributed by atoms with Crippen molar-refractivity contribution in [3.63, 3.8) is 0 Å². The van der Waals surface area contributed by atoms with Crippen LogP contribution in [0, 0.1) is 0 Å². The molecule has 0 radical (unpaired) electrons. The van der Waals surface area contributed by atoms with Gasteiger partial charge in [0.2, 0.25) is 0 Å². The van der Waals surface area contributed by atoms with E-state index in [0.29, 0.717) is 23.5 Å². The summed E-state index contributed by atoms with van der Waals surface area (Å²) in [5.41, 5.74) is 0.675. The summed E-state index contributed by atoms with van der Waals surface area (Å²) in [6.07, 6.45) is 2.41. The Labute approximate surface area is 130 Å². The highest BCUT2D eigenvalue weighted by atomic mass is 32.2. The van der Waals surface area contributed by atoms with Crippen LogP contribution in [0.5, 0.6) is 0 Å². The zero-order valence-corrected chi connectivity index (χ0v) is 13.9. The fourth-order valence-electron chi connectivity index (χ4n) is 2.09. The summed E-state index contributed by atoms with van der Waals surface area (Å²) in [5.74, 6) is 0.417. The number of thiazole rings is 1. The molecule has 6 heteroatoms. The lowest BCUT2D eigenvalue weighted by atomic mass is 10.2. The van der Waals surface area contributed by atoms with Crippen molar-refractivity contribution in [3.8, 4) is 0 Å². The second-order valence-electron chi connectivity index (χ2n) is 4.97. The molecule has 0 aliphatic heterocycles. The molecule has 1 aromatic heterocycles. The molecule has 1 aromatic carbocycles. The van der Waals surface area contributed by atoms with E-state index in [4.69, 9.17) is 0 Å². The van der Waals surface area contributed by atoms with Gasteiger partial charge in [-0.3, -0.25) is 0 Å². The lowest BCUT2D eigenvalue weighted by molar-refractivity contribution is 0.595. The number of hydrogen-bond acceptors (Lipinski definition) is 5. The van der Waals surface area contributed by atoms with Crippen molar-refractivity contribution in [1.82, 2.24) is 4.98 Å². The molecule has 2 rings (SSSR count). The van der Waals surface area contributed by atoms with Crippen LogP contribution >= 0.6 is 11.3 Å². The number of hydrogen-bond donors (Lipinski definition) is 1. The zero-order chi connectivity index (χ0) is 15.3. The maximum atomic E-state index is 12.3. The van der Waals surface area contributed by atoms with Gasteiger partial charge in [-0.15, -0.1) is 11.3 Å². The Balaban J connectivity index is 2.14. The molecule has 0 fully saturated rings. The van der Waals surface area contributed by atoms with E-state index >= 15 is 0 Å². The SMILES string of the molecule is CCCS(=O)(=O)c1ccccc1NCC(C)c1nccs1. The van der Waals surface area contributed by atoms with Crippen molar-refractivity contribution < 1.29 is 8.42 Å². The predicted molar refractivity (Wildman–Crippen MR) is 87.8 cm³/mol. The summed E-state index contributed by atoms with van der Waals surface area (Å²) >= 11 is 1.61. The van der Waals surface area contributed by atoms with E-state index in [1.165, 1.54) is 0 Å². The zero-order valence-electron chi connectivity index (χ0n) is 12.2. The molecule has 1 heterocycles. The fraction of sp³-hybridized carbons (Fsp3) is 0.400. The maximum Gasteiger partial charge on any atom is 0.180 e. The van der Waals surface area contributed by atoms with Crippen LogP contribution in [-0.2, 0) is 9.84 Å². The molecule has 1 unspecified atom stereocenters. The molecule has 0 bridgehead atoms. The third-order valence-corrected chi connectivity index (χ3v) is 6.15. The fourth-order valence-corrected chi connectivity index (χ4v) is 4.31. The van der Waals surface area contributed by atoms with Crippen molar-refractivity contribution in [1.29, 1.82) is 0 Å². The number of rotatable bonds is 7. The van der Waals surface area contributed by atoms with Gasteiger partial charge in [0.25, 0.3) is 0 Å². The van der Waals surface area contributed by atoms with Gasteiger partial charge in [-0.05, 0) is 18.6 Å². The van der Waals surface area contributed by atoms with Gasteiger partial charge in [0.15, 0.2) is 9.84 Å². The molecule has 0 spiro atoms. The standard InChI is InChI=1S/C15H20N2O2S2/c1-3-10-21(18,19)14-7-5-4-6-13(14)17-11-12(2)15-16-8-9-20-15/h4-9,12,17H,3,10-11H2,1-2H3. The summed E-state index contributed by atoms with van der Waals surface area (Å²) < 4.78 is 24.6. The average molecular weight is 324 g/mol. The number of aromatic nitrogens is 1. The van der Waals surface area contributed by atoms with Gasteiger partial charge in [0.05, 0.1) is 21.3 Å². The highest BCUT2D eigenvalue weighted by molar-refractivity contribution is 7.91. The molecule has 4 nitrogen and oxygen atoms in total. The van der Waals surface area contributed by atoms with Crippen molar-refractivity contribution in [3.05, 3.63) is 40.8 Å². The van der Waals surface area contributed by atoms with Gasteiger partial charge in [0, 0.05) is 24.0 Å². The van der Waals surface area contributed by atoms with Crippen LogP contribution < -0.4 is 5.32 Å². The van der Waals surface area contributed by atoms with Crippen LogP contribution in [0.25, 0.3) is 0 Å². The Kier molecular flexibility index (Phi) is 5.36. The monoisotopic (exact) mass is 324 g/mol. The number of anilines is 1. The number of para-hydroxylation sites is 1. The largest absolute Gasteiger partial charge is 0.383 e. The van der Waals surface area contributed by atoms with Gasteiger partial charge in [-0.25, -0.2) is 13.4 Å². The minimum absolute atomic E-state index is 0.174. The third-order valence-electron chi connectivity index (χ3n) is 3.17. The van der Waals surface area contributed by atoms with Gasteiger partial charge in [-0.2, -0.15) is 0 Å². The Bertz CT molecular complexity index is 667. The average Bonchev–Trinajstić information content (AvgIpc) is 2.99. The van der Waals surface area contributed by atoms with Crippen molar-refractivity contribution in [2.24, 2.45) is 0 Å². The van der Waals surface area contributed by atoms with E-state index in [9.17, 15) is 8.42 Å². The molecule has 0 aliphatic carbocycles. The molecular weight excluding hydrogens is 304 g/mol. The van der Waals surface area contributed by atoms with E-state index in [2.05, 4.69) is 17.2 Å². The van der Waals surface area contributed by atoms with Crippen LogP contribution in [0.3, 0.4) is 0 Å². The molecule has 0 amide bonds. The van der Waals surface area contributed by atoms with Gasteiger partial charge >= 0.3 is 0 Å². The van der Waals surface area contributed by atoms with Crippen LogP contribution in [0.1, 0.15) is 31.2 Å². The van der Waals surface area contributed by atoms with E-state index < -0.39 is 9.84 Å². The second kappa shape index (κ2) is 7.04. The summed E-state index contributed by atoms with van der Waals surface area (Å²) in [6, 6.07) is 7.10. The molecule has 1 N–H and O–H groups in total. The first-order valence-electron chi connectivity index (χ1n) is 6.99. The first kappa shape index (κ1) is 16.0. The van der Waals surface area contributed by atoms with Crippen molar-refractivity contribution >= 4 is 26.9 Å². The Morgan fingerprint density at radius 2 is 2.10 bits per heavy atom. The van der Waals surface area contributed by atoms with Crippen LogP contribution in [-0.4, -0.2) is 25.7 Å². The summed E-state index contributed by atoms with van der Waals surface area (Å²) in [4.78, 5) is 4.68. The quantitative estimate of drug-likeness (QED) is 0.846. The molecular formula is C15H20N2O2S2. The van der Waals surface area contributed by atoms with Crippen LogP contribution in [0.4, 0.5) is 5.69 Å². The maximum absolute atomic E-state index is 12.3. The third kappa shape index (κ3) is 4.04. The number of nitrogens with zero attached hydrogens (tertiary/aromatic N) is 1. The van der Waals surface area contributed by atoms with E-state index in [1.807, 2.05) is 24.4 Å². The Morgan fingerprint density at radius 3 is 2.76 bits per heavy atom. The molecule has 0 aliphatic rings. The van der Waals surface area contributed by atoms with Gasteiger partial charge in [-0.1, -0.05) is 26.0 Å². The highest BCUT2D eigenvalue weighted by Crippen LogP contribution is 2.24. The first-order valence-corrected chi connectivity index (χ1v) is 9.53.